The van der Waals surface area contributed by atoms with Crippen LogP contribution in [0.15, 0.2) is 30.3 Å². The van der Waals surface area contributed by atoms with Crippen molar-refractivity contribution in [2.75, 3.05) is 26.2 Å². The minimum Gasteiger partial charge on any atom is -0.444 e. The zero-order valence-corrected chi connectivity index (χ0v) is 22.1. The quantitative estimate of drug-likeness (QED) is 0.452. The van der Waals surface area contributed by atoms with Gasteiger partial charge >= 0.3 is 12.1 Å². The molecule has 2 bridgehead atoms. The molecule has 3 aliphatic heterocycles. The molecule has 1 spiro atoms. The second kappa shape index (κ2) is 10.1. The lowest BCUT2D eigenvalue weighted by molar-refractivity contribution is -0.153. The second-order valence-electron chi connectivity index (χ2n) is 11.6. The van der Waals surface area contributed by atoms with Crippen LogP contribution in [0.4, 0.5) is 9.59 Å². The Balaban J connectivity index is 1.06. The Kier molecular flexibility index (Phi) is 6.95. The number of hydrogen-bond donors (Lipinski definition) is 3. The van der Waals surface area contributed by atoms with Crippen molar-refractivity contribution in [1.82, 2.24) is 31.0 Å². The third kappa shape index (κ3) is 5.56. The van der Waals surface area contributed by atoms with Crippen molar-refractivity contribution >= 4 is 23.9 Å². The van der Waals surface area contributed by atoms with Gasteiger partial charge in [0.25, 0.3) is 11.8 Å². The SMILES string of the molecule is CC(C)(C)OC(=O)N1CC(NCC(=O)NNC(=O)[C@@H]2CC3(CC3)[C@@H]3CN2C(=O)N3OCc2ccccc2)C1. The zero-order valence-electron chi connectivity index (χ0n) is 22.1. The van der Waals surface area contributed by atoms with E-state index in [1.54, 1.807) is 9.80 Å². The average molecular weight is 529 g/mol. The number of hydrogen-bond acceptors (Lipinski definition) is 7. The predicted molar refractivity (Wildman–Crippen MR) is 135 cm³/mol. The molecule has 0 radical (unpaired) electrons. The number of hydrazine groups is 1. The Morgan fingerprint density at radius 1 is 1.05 bits per heavy atom. The fourth-order valence-electron chi connectivity index (χ4n) is 5.31. The third-order valence-corrected chi connectivity index (χ3v) is 7.59. The van der Waals surface area contributed by atoms with Gasteiger partial charge in [-0.2, -0.15) is 5.06 Å². The van der Waals surface area contributed by atoms with Crippen LogP contribution >= 0.6 is 0 Å². The highest BCUT2D eigenvalue weighted by molar-refractivity contribution is 5.90. The highest BCUT2D eigenvalue weighted by atomic mass is 16.7. The van der Waals surface area contributed by atoms with Crippen LogP contribution in [0, 0.1) is 5.41 Å². The summed E-state index contributed by atoms with van der Waals surface area (Å²) >= 11 is 0. The molecule has 0 aromatic heterocycles. The maximum Gasteiger partial charge on any atom is 0.410 e. The van der Waals surface area contributed by atoms with Crippen LogP contribution < -0.4 is 16.2 Å². The Bertz CT molecular complexity index is 1080. The van der Waals surface area contributed by atoms with E-state index < -0.39 is 23.5 Å². The summed E-state index contributed by atoms with van der Waals surface area (Å²) in [5.41, 5.74) is 5.21. The minimum atomic E-state index is -0.672. The van der Waals surface area contributed by atoms with Crippen molar-refractivity contribution in [3.63, 3.8) is 0 Å². The molecular weight excluding hydrogens is 492 g/mol. The number of ether oxygens (including phenoxy) is 1. The summed E-state index contributed by atoms with van der Waals surface area (Å²) < 4.78 is 5.32. The van der Waals surface area contributed by atoms with Crippen LogP contribution in [0.5, 0.6) is 0 Å². The van der Waals surface area contributed by atoms with Crippen molar-refractivity contribution < 1.29 is 28.8 Å². The minimum absolute atomic E-state index is 0.0203. The van der Waals surface area contributed by atoms with Gasteiger partial charge in [0.1, 0.15) is 18.2 Å². The molecule has 3 N–H and O–H groups in total. The summed E-state index contributed by atoms with van der Waals surface area (Å²) in [6, 6.07) is 8.55. The van der Waals surface area contributed by atoms with Gasteiger partial charge in [0, 0.05) is 25.7 Å². The van der Waals surface area contributed by atoms with Crippen LogP contribution in [0.3, 0.4) is 0 Å². The number of rotatable bonds is 7. The molecule has 1 aromatic carbocycles. The van der Waals surface area contributed by atoms with E-state index in [4.69, 9.17) is 9.57 Å². The number of fused-ring (bicyclic) bond motifs is 3. The number of nitrogens with zero attached hydrogens (tertiary/aromatic N) is 3. The van der Waals surface area contributed by atoms with E-state index in [0.717, 1.165) is 18.4 Å². The van der Waals surface area contributed by atoms with E-state index in [0.29, 0.717) is 26.1 Å². The van der Waals surface area contributed by atoms with Gasteiger partial charge in [-0.1, -0.05) is 30.3 Å². The van der Waals surface area contributed by atoms with E-state index in [-0.39, 0.29) is 42.8 Å². The Hall–Kier alpha value is -3.38. The number of amides is 5. The molecule has 206 valence electrons. The van der Waals surface area contributed by atoms with E-state index >= 15 is 0 Å². The largest absolute Gasteiger partial charge is 0.444 e. The molecule has 38 heavy (non-hydrogen) atoms. The third-order valence-electron chi connectivity index (χ3n) is 7.59. The first-order valence-corrected chi connectivity index (χ1v) is 13.1. The van der Waals surface area contributed by atoms with Gasteiger partial charge in [-0.3, -0.25) is 25.3 Å². The van der Waals surface area contributed by atoms with Crippen molar-refractivity contribution in [2.24, 2.45) is 5.41 Å². The lowest BCUT2D eigenvalue weighted by Gasteiger charge is -2.40. The molecule has 4 fully saturated rings. The highest BCUT2D eigenvalue weighted by Crippen LogP contribution is 2.59. The van der Waals surface area contributed by atoms with Gasteiger partial charge in [0.05, 0.1) is 12.6 Å². The highest BCUT2D eigenvalue weighted by Gasteiger charge is 2.64. The number of nitrogens with one attached hydrogen (secondary N) is 3. The number of urea groups is 1. The molecule has 0 unspecified atom stereocenters. The smallest absolute Gasteiger partial charge is 0.410 e. The van der Waals surface area contributed by atoms with Crippen LogP contribution in [0.1, 0.15) is 45.6 Å². The van der Waals surface area contributed by atoms with E-state index in [1.807, 2.05) is 51.1 Å². The number of piperidine rings is 1. The molecule has 12 nitrogen and oxygen atoms in total. The summed E-state index contributed by atoms with van der Waals surface area (Å²) in [7, 11) is 0. The molecule has 1 aromatic rings. The van der Waals surface area contributed by atoms with Crippen LogP contribution in [0.25, 0.3) is 0 Å². The molecule has 4 aliphatic rings. The van der Waals surface area contributed by atoms with Gasteiger partial charge in [0.15, 0.2) is 0 Å². The van der Waals surface area contributed by atoms with Gasteiger partial charge in [-0.25, -0.2) is 9.59 Å². The number of hydroxylamine groups is 2. The fourth-order valence-corrected chi connectivity index (χ4v) is 5.31. The monoisotopic (exact) mass is 528 g/mol. The molecule has 1 saturated carbocycles. The topological polar surface area (TPSA) is 133 Å². The lowest BCUT2D eigenvalue weighted by Crippen LogP contribution is -2.62. The normalized spacial score (nSPS) is 23.8. The summed E-state index contributed by atoms with van der Waals surface area (Å²) in [5.74, 6) is -0.828. The number of carbonyl (C=O) groups excluding carboxylic acids is 4. The molecule has 5 rings (SSSR count). The lowest BCUT2D eigenvalue weighted by atomic mass is 9.85. The first-order valence-electron chi connectivity index (χ1n) is 13.1. The van der Waals surface area contributed by atoms with Crippen LogP contribution in [-0.2, 0) is 25.8 Å². The number of carbonyl (C=O) groups is 4. The molecule has 3 saturated heterocycles. The van der Waals surface area contributed by atoms with E-state index in [2.05, 4.69) is 16.2 Å². The fraction of sp³-hybridized carbons (Fsp3) is 0.615. The van der Waals surface area contributed by atoms with Gasteiger partial charge in [0.2, 0.25) is 0 Å². The first kappa shape index (κ1) is 26.2. The Morgan fingerprint density at radius 2 is 1.76 bits per heavy atom. The maximum atomic E-state index is 13.2. The van der Waals surface area contributed by atoms with Crippen molar-refractivity contribution in [3.05, 3.63) is 35.9 Å². The van der Waals surface area contributed by atoms with E-state index in [1.165, 1.54) is 5.06 Å². The molecular formula is C26H36N6O6. The van der Waals surface area contributed by atoms with Gasteiger partial charge in [-0.05, 0) is 51.0 Å². The van der Waals surface area contributed by atoms with Crippen LogP contribution in [-0.4, -0.2) is 88.7 Å². The van der Waals surface area contributed by atoms with Gasteiger partial charge in [-0.15, -0.1) is 0 Å². The molecule has 12 heteroatoms. The summed E-state index contributed by atoms with van der Waals surface area (Å²) in [6.45, 7) is 7.01. The molecule has 1 aliphatic carbocycles. The zero-order chi connectivity index (χ0) is 27.1. The van der Waals surface area contributed by atoms with Gasteiger partial charge < -0.3 is 19.9 Å². The summed E-state index contributed by atoms with van der Waals surface area (Å²) in [5, 5.41) is 4.51. The molecule has 2 atom stereocenters. The maximum absolute atomic E-state index is 13.2. The van der Waals surface area contributed by atoms with E-state index in [9.17, 15) is 19.2 Å². The molecule has 5 amide bonds. The van der Waals surface area contributed by atoms with Crippen molar-refractivity contribution in [3.8, 4) is 0 Å². The second-order valence-corrected chi connectivity index (χ2v) is 11.6. The predicted octanol–water partition coefficient (Wildman–Crippen LogP) is 1.13. The van der Waals surface area contributed by atoms with Crippen LogP contribution in [0.2, 0.25) is 0 Å². The summed E-state index contributed by atoms with van der Waals surface area (Å²) in [4.78, 5) is 59.5. The summed E-state index contributed by atoms with van der Waals surface area (Å²) in [6.07, 6.45) is 2.03. The van der Waals surface area contributed by atoms with Crippen molar-refractivity contribution in [1.29, 1.82) is 0 Å². The number of benzene rings is 1. The first-order chi connectivity index (χ1) is 18.0. The average Bonchev–Trinajstić information content (AvgIpc) is 3.55. The number of likely N-dealkylation sites (tertiary alicyclic amines) is 1. The molecule has 3 heterocycles. The Morgan fingerprint density at radius 3 is 2.42 bits per heavy atom. The standard InChI is InChI=1S/C26H36N6O6/c1-25(2,3)38-24(36)30-13-18(14-30)27-12-21(33)28-29-22(34)19-11-26(9-10-26)20-15-31(19)23(35)32(20)37-16-17-7-5-4-6-8-17/h4-8,18-20,27H,9-16H2,1-3H3,(H,28,33)(H,29,34)/t19-,20-/m0/s1. The van der Waals surface area contributed by atoms with Crippen molar-refractivity contribution in [2.45, 2.75) is 70.4 Å². The Labute approximate surface area is 221 Å².